The molecule has 0 bridgehead atoms. The molecule has 0 spiro atoms. The fourth-order valence-electron chi connectivity index (χ4n) is 1.59. The summed E-state index contributed by atoms with van der Waals surface area (Å²) in [7, 11) is -0.596. The summed E-state index contributed by atoms with van der Waals surface area (Å²) in [6.45, 7) is 2.75. The van der Waals surface area contributed by atoms with Crippen molar-refractivity contribution in [1.82, 2.24) is 14.8 Å². The van der Waals surface area contributed by atoms with Gasteiger partial charge in [0.2, 0.25) is 5.09 Å². The third-order valence-electron chi connectivity index (χ3n) is 2.65. The zero-order chi connectivity index (χ0) is 14.8. The van der Waals surface area contributed by atoms with Crippen LogP contribution in [0.1, 0.15) is 17.2 Å². The van der Waals surface area contributed by atoms with Crippen LogP contribution >= 0.6 is 0 Å². The van der Waals surface area contributed by atoms with Gasteiger partial charge in [-0.3, -0.25) is 0 Å². The van der Waals surface area contributed by atoms with E-state index in [1.54, 1.807) is 6.07 Å². The second-order valence-corrected chi connectivity index (χ2v) is 6.62. The molecular formula is C12H17N3O4S. The lowest BCUT2D eigenvalue weighted by Gasteiger charge is -2.07. The van der Waals surface area contributed by atoms with E-state index in [1.165, 1.54) is 20.2 Å². The first-order valence-electron chi connectivity index (χ1n) is 6.04. The molecule has 0 aliphatic rings. The van der Waals surface area contributed by atoms with Gasteiger partial charge in [-0.2, -0.15) is 0 Å². The Morgan fingerprint density at radius 1 is 1.30 bits per heavy atom. The van der Waals surface area contributed by atoms with E-state index >= 15 is 0 Å². The maximum Gasteiger partial charge on any atom is 0.275 e. The monoisotopic (exact) mass is 299 g/mol. The number of rotatable bonds is 6. The van der Waals surface area contributed by atoms with Gasteiger partial charge in [-0.1, -0.05) is 5.16 Å². The number of hydrogen-bond donors (Lipinski definition) is 1. The topological polar surface area (TPSA) is 88.6 Å². The molecule has 0 aliphatic heterocycles. The van der Waals surface area contributed by atoms with Gasteiger partial charge in [0.1, 0.15) is 11.5 Å². The van der Waals surface area contributed by atoms with Crippen molar-refractivity contribution in [3.63, 3.8) is 0 Å². The first-order chi connectivity index (χ1) is 9.39. The summed E-state index contributed by atoms with van der Waals surface area (Å²) in [5.74, 6) is 1.30. The molecule has 0 aliphatic carbocycles. The Balaban J connectivity index is 1.93. The summed E-state index contributed by atoms with van der Waals surface area (Å²) in [4.78, 5) is 0. The highest BCUT2D eigenvalue weighted by molar-refractivity contribution is 7.88. The van der Waals surface area contributed by atoms with Crippen molar-refractivity contribution in [3.05, 3.63) is 35.4 Å². The molecule has 8 heteroatoms. The molecule has 0 saturated carbocycles. The number of hydrogen-bond acceptors (Lipinski definition) is 6. The highest BCUT2D eigenvalue weighted by Gasteiger charge is 2.21. The quantitative estimate of drug-likeness (QED) is 0.859. The summed E-state index contributed by atoms with van der Waals surface area (Å²) in [6.07, 6.45) is 0. The lowest BCUT2D eigenvalue weighted by molar-refractivity contribution is 0.379. The number of nitrogens with one attached hydrogen (secondary N) is 1. The highest BCUT2D eigenvalue weighted by Crippen LogP contribution is 2.16. The van der Waals surface area contributed by atoms with Crippen molar-refractivity contribution < 1.29 is 17.4 Å². The summed E-state index contributed by atoms with van der Waals surface area (Å²) in [6, 6.07) is 4.92. The fourth-order valence-corrected chi connectivity index (χ4v) is 2.40. The van der Waals surface area contributed by atoms with Gasteiger partial charge < -0.3 is 14.3 Å². The van der Waals surface area contributed by atoms with Crippen molar-refractivity contribution >= 4 is 10.0 Å². The van der Waals surface area contributed by atoms with Crippen LogP contribution in [0.3, 0.4) is 0 Å². The molecule has 0 fully saturated rings. The lowest BCUT2D eigenvalue weighted by Crippen LogP contribution is -2.21. The van der Waals surface area contributed by atoms with E-state index in [9.17, 15) is 8.42 Å². The SMILES string of the molecule is Cc1cc(CNCc2ccc(S(=O)(=O)N(C)C)o2)no1. The lowest BCUT2D eigenvalue weighted by atomic mass is 10.3. The Labute approximate surface area is 117 Å². The second-order valence-electron chi connectivity index (χ2n) is 4.54. The maximum atomic E-state index is 11.8. The molecule has 2 heterocycles. The molecule has 0 aromatic carbocycles. The van der Waals surface area contributed by atoms with E-state index in [1.807, 2.05) is 13.0 Å². The molecule has 2 aromatic rings. The number of aryl methyl sites for hydroxylation is 1. The van der Waals surface area contributed by atoms with Gasteiger partial charge in [0.25, 0.3) is 10.0 Å². The van der Waals surface area contributed by atoms with Crippen molar-refractivity contribution in [2.45, 2.75) is 25.1 Å². The molecule has 0 amide bonds. The third-order valence-corrected chi connectivity index (χ3v) is 4.34. The standard InChI is InChI=1S/C12H17N3O4S/c1-9-6-10(14-19-9)7-13-8-11-4-5-12(18-11)20(16,17)15(2)3/h4-6,13H,7-8H2,1-3H3. The molecule has 0 unspecified atom stereocenters. The Morgan fingerprint density at radius 3 is 2.65 bits per heavy atom. The van der Waals surface area contributed by atoms with Crippen LogP contribution in [0.2, 0.25) is 0 Å². The Kier molecular flexibility index (Phi) is 4.26. The third kappa shape index (κ3) is 3.27. The molecule has 0 saturated heterocycles. The Bertz CT molecular complexity index is 672. The number of aromatic nitrogens is 1. The van der Waals surface area contributed by atoms with Gasteiger partial charge in [-0.25, -0.2) is 12.7 Å². The Morgan fingerprint density at radius 2 is 2.05 bits per heavy atom. The largest absolute Gasteiger partial charge is 0.447 e. The van der Waals surface area contributed by atoms with E-state index < -0.39 is 10.0 Å². The number of sulfonamides is 1. The predicted octanol–water partition coefficient (Wildman–Crippen LogP) is 1.12. The minimum Gasteiger partial charge on any atom is -0.447 e. The fraction of sp³-hybridized carbons (Fsp3) is 0.417. The van der Waals surface area contributed by atoms with E-state index in [-0.39, 0.29) is 5.09 Å². The highest BCUT2D eigenvalue weighted by atomic mass is 32.2. The molecular weight excluding hydrogens is 282 g/mol. The molecule has 7 nitrogen and oxygen atoms in total. The second kappa shape index (κ2) is 5.78. The van der Waals surface area contributed by atoms with Crippen molar-refractivity contribution in [2.24, 2.45) is 0 Å². The van der Waals surface area contributed by atoms with Crippen LogP contribution in [0, 0.1) is 6.92 Å². The summed E-state index contributed by atoms with van der Waals surface area (Å²) >= 11 is 0. The summed E-state index contributed by atoms with van der Waals surface area (Å²) in [5, 5.41) is 6.89. The van der Waals surface area contributed by atoms with Gasteiger partial charge >= 0.3 is 0 Å². The van der Waals surface area contributed by atoms with Crippen molar-refractivity contribution in [3.8, 4) is 0 Å². The summed E-state index contributed by atoms with van der Waals surface area (Å²) < 4.78 is 35.0. The van der Waals surface area contributed by atoms with Crippen LogP contribution in [0.5, 0.6) is 0 Å². The van der Waals surface area contributed by atoms with Crippen molar-refractivity contribution in [1.29, 1.82) is 0 Å². The normalized spacial score (nSPS) is 12.2. The molecule has 20 heavy (non-hydrogen) atoms. The van der Waals surface area contributed by atoms with E-state index in [2.05, 4.69) is 10.5 Å². The minimum atomic E-state index is -3.52. The molecule has 2 rings (SSSR count). The summed E-state index contributed by atoms with van der Waals surface area (Å²) in [5.41, 5.74) is 0.787. The maximum absolute atomic E-state index is 11.8. The Hall–Kier alpha value is -1.64. The molecule has 0 radical (unpaired) electrons. The van der Waals surface area contributed by atoms with Crippen LogP contribution in [0.25, 0.3) is 0 Å². The zero-order valence-corrected chi connectivity index (χ0v) is 12.4. The average molecular weight is 299 g/mol. The molecule has 1 N–H and O–H groups in total. The zero-order valence-electron chi connectivity index (χ0n) is 11.6. The predicted molar refractivity (Wildman–Crippen MR) is 71.4 cm³/mol. The minimum absolute atomic E-state index is 0.0587. The van der Waals surface area contributed by atoms with Crippen LogP contribution < -0.4 is 5.32 Å². The van der Waals surface area contributed by atoms with E-state index in [0.29, 0.717) is 18.8 Å². The number of nitrogens with zero attached hydrogens (tertiary/aromatic N) is 2. The van der Waals surface area contributed by atoms with Crippen molar-refractivity contribution in [2.75, 3.05) is 14.1 Å². The van der Waals surface area contributed by atoms with Crippen LogP contribution in [0.15, 0.2) is 32.2 Å². The van der Waals surface area contributed by atoms with E-state index in [4.69, 9.17) is 8.94 Å². The van der Waals surface area contributed by atoms with Gasteiger partial charge in [-0.15, -0.1) is 0 Å². The van der Waals surface area contributed by atoms with Crippen LogP contribution in [0.4, 0.5) is 0 Å². The first-order valence-corrected chi connectivity index (χ1v) is 7.48. The molecule has 0 atom stereocenters. The van der Waals surface area contributed by atoms with Gasteiger partial charge in [0.15, 0.2) is 0 Å². The van der Waals surface area contributed by atoms with Gasteiger partial charge in [0.05, 0.1) is 12.2 Å². The van der Waals surface area contributed by atoms with Gasteiger partial charge in [0, 0.05) is 26.7 Å². The molecule has 2 aromatic heterocycles. The average Bonchev–Trinajstić information content (AvgIpc) is 2.99. The van der Waals surface area contributed by atoms with E-state index in [0.717, 1.165) is 15.8 Å². The smallest absolute Gasteiger partial charge is 0.275 e. The molecule has 110 valence electrons. The van der Waals surface area contributed by atoms with Gasteiger partial charge in [-0.05, 0) is 19.1 Å². The van der Waals surface area contributed by atoms with Crippen LogP contribution in [-0.4, -0.2) is 32.0 Å². The van der Waals surface area contributed by atoms with Crippen LogP contribution in [-0.2, 0) is 23.1 Å². The number of furan rings is 1. The first kappa shape index (κ1) is 14.8.